The summed E-state index contributed by atoms with van der Waals surface area (Å²) in [6, 6.07) is 13.6. The monoisotopic (exact) mass is 733 g/mol. The molecule has 0 saturated heterocycles. The zero-order chi connectivity index (χ0) is 34.0. The molecule has 2 heterocycles. The molecular formula is C46H82Cl2N2. The first-order chi connectivity index (χ1) is 23.8. The number of rotatable bonds is 35. The van der Waals surface area contributed by atoms with Gasteiger partial charge in [-0.15, -0.1) is 0 Å². The molecule has 0 atom stereocenters. The molecule has 2 aromatic heterocycles. The number of nitrogens with zero attached hydrogens (tertiary/aromatic N) is 2. The van der Waals surface area contributed by atoms with Gasteiger partial charge in [-0.1, -0.05) is 180 Å². The molecular weight excluding hydrogens is 651 g/mol. The highest BCUT2D eigenvalue weighted by Gasteiger charge is 2.10. The summed E-state index contributed by atoms with van der Waals surface area (Å²) in [5.41, 5.74) is 3.10. The Kier molecular flexibility index (Phi) is 36.8. The number of pyridine rings is 2. The van der Waals surface area contributed by atoms with Crippen LogP contribution in [0.15, 0.2) is 48.8 Å². The molecule has 2 rings (SSSR count). The van der Waals surface area contributed by atoms with Gasteiger partial charge in [0, 0.05) is 49.9 Å². The number of hydrogen-bond donors (Lipinski definition) is 0. The minimum Gasteiger partial charge on any atom is -1.00 e. The lowest BCUT2D eigenvalue weighted by Crippen LogP contribution is -3.00. The molecule has 0 bridgehead atoms. The van der Waals surface area contributed by atoms with Gasteiger partial charge in [-0.25, -0.2) is 9.13 Å². The van der Waals surface area contributed by atoms with Crippen LogP contribution in [0.25, 0.3) is 0 Å². The molecule has 2 nitrogen and oxygen atoms in total. The Morgan fingerprint density at radius 2 is 0.580 bits per heavy atom. The van der Waals surface area contributed by atoms with E-state index in [1.165, 1.54) is 219 Å². The predicted octanol–water partition coefficient (Wildman–Crippen LogP) is 7.80. The first-order valence-electron chi connectivity index (χ1n) is 21.8. The van der Waals surface area contributed by atoms with Crippen LogP contribution >= 0.6 is 0 Å². The summed E-state index contributed by atoms with van der Waals surface area (Å²) >= 11 is 0. The number of hydrogen-bond acceptors (Lipinski definition) is 0. The van der Waals surface area contributed by atoms with E-state index in [1.807, 2.05) is 0 Å². The summed E-state index contributed by atoms with van der Waals surface area (Å²) in [6.45, 7) is 7.02. The first kappa shape index (κ1) is 48.9. The quantitative estimate of drug-likeness (QED) is 0.0505. The molecule has 2 aromatic rings. The predicted molar refractivity (Wildman–Crippen MR) is 211 cm³/mol. The number of unbranched alkanes of at least 4 members (excludes halogenated alkanes) is 27. The Labute approximate surface area is 325 Å². The summed E-state index contributed by atoms with van der Waals surface area (Å²) in [5, 5.41) is 0. The lowest BCUT2D eigenvalue weighted by Gasteiger charge is -2.06. The molecule has 0 aliphatic heterocycles. The van der Waals surface area contributed by atoms with E-state index in [4.69, 9.17) is 0 Å². The second kappa shape index (κ2) is 37.6. The van der Waals surface area contributed by atoms with E-state index in [-0.39, 0.29) is 24.8 Å². The van der Waals surface area contributed by atoms with Crippen molar-refractivity contribution in [1.29, 1.82) is 0 Å². The van der Waals surface area contributed by atoms with Crippen molar-refractivity contribution in [3.63, 3.8) is 0 Å². The van der Waals surface area contributed by atoms with Gasteiger partial charge in [0.15, 0.2) is 23.8 Å². The fraction of sp³-hybridized carbons (Fsp3) is 0.783. The van der Waals surface area contributed by atoms with Gasteiger partial charge in [-0.05, 0) is 25.7 Å². The third kappa shape index (κ3) is 27.5. The van der Waals surface area contributed by atoms with Crippen molar-refractivity contribution in [3.8, 4) is 0 Å². The fourth-order valence-corrected chi connectivity index (χ4v) is 7.48. The Morgan fingerprint density at radius 1 is 0.320 bits per heavy atom. The molecule has 0 N–H and O–H groups in total. The third-order valence-corrected chi connectivity index (χ3v) is 10.7. The second-order valence-electron chi connectivity index (χ2n) is 15.2. The molecule has 0 amide bonds. The van der Waals surface area contributed by atoms with Crippen LogP contribution in [0.5, 0.6) is 0 Å². The van der Waals surface area contributed by atoms with Gasteiger partial charge in [0.2, 0.25) is 0 Å². The Bertz CT molecular complexity index is 887. The number of halogens is 2. The summed E-state index contributed by atoms with van der Waals surface area (Å²) in [6.07, 6.45) is 49.5. The van der Waals surface area contributed by atoms with Crippen molar-refractivity contribution in [2.24, 2.45) is 0 Å². The van der Waals surface area contributed by atoms with Crippen molar-refractivity contribution >= 4 is 0 Å². The molecule has 50 heavy (non-hydrogen) atoms. The highest BCUT2D eigenvalue weighted by atomic mass is 35.5. The van der Waals surface area contributed by atoms with Crippen LogP contribution in [0.2, 0.25) is 0 Å². The van der Waals surface area contributed by atoms with Gasteiger partial charge >= 0.3 is 0 Å². The summed E-state index contributed by atoms with van der Waals surface area (Å²) in [7, 11) is 0. The number of aryl methyl sites for hydroxylation is 4. The lowest BCUT2D eigenvalue weighted by atomic mass is 10.0. The largest absolute Gasteiger partial charge is 1.00 e. The Balaban J connectivity index is 0.0000120. The maximum atomic E-state index is 2.54. The first-order valence-corrected chi connectivity index (χ1v) is 21.8. The van der Waals surface area contributed by atoms with Gasteiger partial charge in [0.05, 0.1) is 0 Å². The molecule has 0 radical (unpaired) electrons. The summed E-state index contributed by atoms with van der Waals surface area (Å²) in [4.78, 5) is 0. The van der Waals surface area contributed by atoms with E-state index < -0.39 is 0 Å². The van der Waals surface area contributed by atoms with Crippen LogP contribution < -0.4 is 33.9 Å². The Hall–Kier alpha value is -1.12. The van der Waals surface area contributed by atoms with E-state index in [9.17, 15) is 0 Å². The van der Waals surface area contributed by atoms with Gasteiger partial charge in [0.25, 0.3) is 0 Å². The van der Waals surface area contributed by atoms with Crippen LogP contribution in [-0.2, 0) is 25.9 Å². The highest BCUT2D eigenvalue weighted by Crippen LogP contribution is 2.14. The minimum atomic E-state index is 0. The van der Waals surface area contributed by atoms with Crippen LogP contribution in [0.4, 0.5) is 0 Å². The normalized spacial score (nSPS) is 11.0. The van der Waals surface area contributed by atoms with Crippen molar-refractivity contribution in [2.75, 3.05) is 0 Å². The average Bonchev–Trinajstić information content (AvgIpc) is 3.11. The van der Waals surface area contributed by atoms with E-state index in [0.717, 1.165) is 0 Å². The fourth-order valence-electron chi connectivity index (χ4n) is 7.48. The Morgan fingerprint density at radius 3 is 0.880 bits per heavy atom. The van der Waals surface area contributed by atoms with E-state index in [1.54, 1.807) is 11.4 Å². The summed E-state index contributed by atoms with van der Waals surface area (Å²) < 4.78 is 5.08. The number of aromatic nitrogens is 2. The molecule has 4 heteroatoms. The second-order valence-corrected chi connectivity index (χ2v) is 15.2. The summed E-state index contributed by atoms with van der Waals surface area (Å²) in [5.74, 6) is 0. The van der Waals surface area contributed by atoms with Crippen LogP contribution in [0, 0.1) is 0 Å². The molecule has 0 aliphatic rings. The molecule has 0 aromatic carbocycles. The van der Waals surface area contributed by atoms with Crippen LogP contribution in [-0.4, -0.2) is 0 Å². The SMILES string of the molecule is CCCCCCCCCCCC[n+]1ccccc1CCCCCCCCCCCCc1cccc[n+]1CCCCCCCCCCCC.[Cl-].[Cl-]. The zero-order valence-corrected chi connectivity index (χ0v) is 34.8. The lowest BCUT2D eigenvalue weighted by molar-refractivity contribution is -0.704. The van der Waals surface area contributed by atoms with Gasteiger partial charge in [0.1, 0.15) is 13.1 Å². The smallest absolute Gasteiger partial charge is 0.181 e. The van der Waals surface area contributed by atoms with E-state index >= 15 is 0 Å². The van der Waals surface area contributed by atoms with Crippen molar-refractivity contribution in [3.05, 3.63) is 60.2 Å². The highest BCUT2D eigenvalue weighted by molar-refractivity contribution is 4.98. The maximum Gasteiger partial charge on any atom is 0.181 e. The van der Waals surface area contributed by atoms with Crippen molar-refractivity contribution < 1.29 is 33.9 Å². The van der Waals surface area contributed by atoms with Crippen LogP contribution in [0.1, 0.15) is 218 Å². The van der Waals surface area contributed by atoms with Crippen LogP contribution in [0.3, 0.4) is 0 Å². The zero-order valence-electron chi connectivity index (χ0n) is 33.3. The molecule has 0 fully saturated rings. The minimum absolute atomic E-state index is 0. The molecule has 0 saturated carbocycles. The standard InChI is InChI=1S/C46H82N2.2ClH/c1-3-5-7-9-11-13-19-23-27-33-41-47-43-35-31-39-45(47)37-29-25-21-17-15-16-18-22-26-30-38-46-40-32-36-44-48(46)42-34-28-24-20-14-12-10-8-6-4-2;;/h31-32,35-36,39-40,43-44H,3-30,33-34,37-38,41-42H2,1-2H3;2*1H/q+2;;/p-2. The molecule has 0 aliphatic carbocycles. The van der Waals surface area contributed by atoms with Gasteiger partial charge in [-0.3, -0.25) is 0 Å². The average molecular weight is 734 g/mol. The van der Waals surface area contributed by atoms with Gasteiger partial charge < -0.3 is 24.8 Å². The van der Waals surface area contributed by atoms with E-state index in [2.05, 4.69) is 71.8 Å². The molecule has 290 valence electrons. The van der Waals surface area contributed by atoms with Gasteiger partial charge in [-0.2, -0.15) is 0 Å². The topological polar surface area (TPSA) is 7.76 Å². The molecule has 0 unspecified atom stereocenters. The maximum absolute atomic E-state index is 2.54. The third-order valence-electron chi connectivity index (χ3n) is 10.7. The molecule has 0 spiro atoms. The van der Waals surface area contributed by atoms with E-state index in [0.29, 0.717) is 0 Å². The van der Waals surface area contributed by atoms with Crippen molar-refractivity contribution in [1.82, 2.24) is 0 Å². The van der Waals surface area contributed by atoms with Crippen molar-refractivity contribution in [2.45, 2.75) is 232 Å².